The van der Waals surface area contributed by atoms with Crippen LogP contribution in [0.15, 0.2) is 48.5 Å². The molecule has 1 atom stereocenters. The van der Waals surface area contributed by atoms with Crippen molar-refractivity contribution in [3.05, 3.63) is 59.7 Å². The van der Waals surface area contributed by atoms with E-state index in [4.69, 9.17) is 0 Å². The van der Waals surface area contributed by atoms with Gasteiger partial charge in [-0.1, -0.05) is 32.0 Å². The maximum Gasteiger partial charge on any atom is 0.258 e. The molecule has 0 aliphatic carbocycles. The molecule has 4 heteroatoms. The summed E-state index contributed by atoms with van der Waals surface area (Å²) >= 11 is 0. The summed E-state index contributed by atoms with van der Waals surface area (Å²) in [4.78, 5) is 26.5. The maximum atomic E-state index is 12.9. The first-order valence-electron chi connectivity index (χ1n) is 8.29. The highest BCUT2D eigenvalue weighted by Gasteiger charge is 2.31. The molecule has 1 unspecified atom stereocenters. The number of nitrogens with one attached hydrogen (secondary N) is 1. The molecular weight excluding hydrogens is 300 g/mol. The SMILES string of the molecule is CC(C)C(=O)Nc1ccc(C(=O)N2c3ccccc3CC2C)cc1. The van der Waals surface area contributed by atoms with Gasteiger partial charge >= 0.3 is 0 Å². The summed E-state index contributed by atoms with van der Waals surface area (Å²) in [5, 5.41) is 2.84. The Kier molecular flexibility index (Phi) is 4.38. The second-order valence-corrected chi connectivity index (χ2v) is 6.58. The number of para-hydroxylation sites is 1. The highest BCUT2D eigenvalue weighted by atomic mass is 16.2. The molecular formula is C20H22N2O2. The Balaban J connectivity index is 1.80. The van der Waals surface area contributed by atoms with Crippen LogP contribution in [0.1, 0.15) is 36.7 Å². The number of carbonyl (C=O) groups excluding carboxylic acids is 2. The topological polar surface area (TPSA) is 49.4 Å². The third kappa shape index (κ3) is 3.04. The lowest BCUT2D eigenvalue weighted by Crippen LogP contribution is -2.35. The van der Waals surface area contributed by atoms with Gasteiger partial charge in [-0.15, -0.1) is 0 Å². The summed E-state index contributed by atoms with van der Waals surface area (Å²) in [6, 6.07) is 15.3. The molecule has 3 rings (SSSR count). The number of carbonyl (C=O) groups is 2. The van der Waals surface area contributed by atoms with Crippen molar-refractivity contribution in [1.82, 2.24) is 0 Å². The van der Waals surface area contributed by atoms with Crippen LogP contribution >= 0.6 is 0 Å². The van der Waals surface area contributed by atoms with E-state index in [2.05, 4.69) is 18.3 Å². The molecule has 2 aromatic rings. The van der Waals surface area contributed by atoms with Crippen molar-refractivity contribution in [3.63, 3.8) is 0 Å². The van der Waals surface area contributed by atoms with Crippen LogP contribution in [0, 0.1) is 5.92 Å². The Morgan fingerprint density at radius 2 is 1.75 bits per heavy atom. The predicted molar refractivity (Wildman–Crippen MR) is 96.3 cm³/mol. The maximum absolute atomic E-state index is 12.9. The highest BCUT2D eigenvalue weighted by molar-refractivity contribution is 6.08. The minimum Gasteiger partial charge on any atom is -0.326 e. The molecule has 1 heterocycles. The summed E-state index contributed by atoms with van der Waals surface area (Å²) in [5.41, 5.74) is 3.53. The molecule has 0 saturated heterocycles. The zero-order chi connectivity index (χ0) is 17.3. The molecule has 1 N–H and O–H groups in total. The lowest BCUT2D eigenvalue weighted by Gasteiger charge is -2.23. The van der Waals surface area contributed by atoms with Gasteiger partial charge in [0.15, 0.2) is 0 Å². The largest absolute Gasteiger partial charge is 0.326 e. The summed E-state index contributed by atoms with van der Waals surface area (Å²) < 4.78 is 0. The van der Waals surface area contributed by atoms with Crippen molar-refractivity contribution in [3.8, 4) is 0 Å². The number of rotatable bonds is 3. The number of hydrogen-bond donors (Lipinski definition) is 1. The highest BCUT2D eigenvalue weighted by Crippen LogP contribution is 2.33. The molecule has 0 aromatic heterocycles. The summed E-state index contributed by atoms with van der Waals surface area (Å²) in [5.74, 6) is -0.112. The number of benzene rings is 2. The van der Waals surface area contributed by atoms with E-state index in [-0.39, 0.29) is 23.8 Å². The zero-order valence-corrected chi connectivity index (χ0v) is 14.2. The second kappa shape index (κ2) is 6.48. The molecule has 0 bridgehead atoms. The van der Waals surface area contributed by atoms with Gasteiger partial charge in [-0.05, 0) is 49.2 Å². The van der Waals surface area contributed by atoms with Gasteiger partial charge in [0, 0.05) is 28.9 Å². The zero-order valence-electron chi connectivity index (χ0n) is 14.2. The average Bonchev–Trinajstić information content (AvgIpc) is 2.90. The normalized spacial score (nSPS) is 16.2. The standard InChI is InChI=1S/C20H22N2O2/c1-13(2)19(23)21-17-10-8-15(9-11-17)20(24)22-14(3)12-16-6-4-5-7-18(16)22/h4-11,13-14H,12H2,1-3H3,(H,21,23). The molecule has 4 nitrogen and oxygen atoms in total. The van der Waals surface area contributed by atoms with Crippen LogP contribution in [0.4, 0.5) is 11.4 Å². The van der Waals surface area contributed by atoms with Gasteiger partial charge in [0.05, 0.1) is 0 Å². The minimum atomic E-state index is -0.0757. The molecule has 0 saturated carbocycles. The number of nitrogens with zero attached hydrogens (tertiary/aromatic N) is 1. The van der Waals surface area contributed by atoms with Crippen LogP contribution in [0.5, 0.6) is 0 Å². The third-order valence-electron chi connectivity index (χ3n) is 4.35. The third-order valence-corrected chi connectivity index (χ3v) is 4.35. The first-order chi connectivity index (χ1) is 11.5. The summed E-state index contributed by atoms with van der Waals surface area (Å²) in [6.45, 7) is 5.76. The van der Waals surface area contributed by atoms with E-state index in [1.807, 2.05) is 36.9 Å². The molecule has 0 spiro atoms. The average molecular weight is 322 g/mol. The van der Waals surface area contributed by atoms with Gasteiger partial charge in [0.1, 0.15) is 0 Å². The second-order valence-electron chi connectivity index (χ2n) is 6.58. The van der Waals surface area contributed by atoms with E-state index in [0.717, 1.165) is 12.1 Å². The van der Waals surface area contributed by atoms with Crippen molar-refractivity contribution >= 4 is 23.2 Å². The van der Waals surface area contributed by atoms with Gasteiger partial charge in [0.2, 0.25) is 5.91 Å². The molecule has 2 amide bonds. The van der Waals surface area contributed by atoms with Crippen LogP contribution in [0.2, 0.25) is 0 Å². The summed E-state index contributed by atoms with van der Waals surface area (Å²) in [7, 11) is 0. The number of fused-ring (bicyclic) bond motifs is 1. The van der Waals surface area contributed by atoms with Crippen LogP contribution in [-0.4, -0.2) is 17.9 Å². The number of hydrogen-bond acceptors (Lipinski definition) is 2. The van der Waals surface area contributed by atoms with Gasteiger partial charge < -0.3 is 10.2 Å². The van der Waals surface area contributed by atoms with Gasteiger partial charge in [-0.2, -0.15) is 0 Å². The Bertz CT molecular complexity index is 765. The van der Waals surface area contributed by atoms with Crippen molar-refractivity contribution in [1.29, 1.82) is 0 Å². The fourth-order valence-corrected chi connectivity index (χ4v) is 3.00. The smallest absolute Gasteiger partial charge is 0.258 e. The first-order valence-corrected chi connectivity index (χ1v) is 8.29. The van der Waals surface area contributed by atoms with Crippen molar-refractivity contribution in [2.75, 3.05) is 10.2 Å². The molecule has 1 aliphatic heterocycles. The van der Waals surface area contributed by atoms with E-state index in [1.165, 1.54) is 5.56 Å². The Morgan fingerprint density at radius 1 is 1.08 bits per heavy atom. The van der Waals surface area contributed by atoms with Crippen molar-refractivity contribution in [2.24, 2.45) is 5.92 Å². The van der Waals surface area contributed by atoms with Crippen LogP contribution in [0.25, 0.3) is 0 Å². The Labute approximate surface area is 142 Å². The van der Waals surface area contributed by atoms with E-state index in [9.17, 15) is 9.59 Å². The fourth-order valence-electron chi connectivity index (χ4n) is 3.00. The van der Waals surface area contributed by atoms with Gasteiger partial charge in [-0.25, -0.2) is 0 Å². The number of amides is 2. The Morgan fingerprint density at radius 3 is 2.42 bits per heavy atom. The lowest BCUT2D eigenvalue weighted by atomic mass is 10.1. The lowest BCUT2D eigenvalue weighted by molar-refractivity contribution is -0.118. The Hall–Kier alpha value is -2.62. The van der Waals surface area contributed by atoms with Gasteiger partial charge in [0.25, 0.3) is 5.91 Å². The molecule has 0 radical (unpaired) electrons. The van der Waals surface area contributed by atoms with Crippen molar-refractivity contribution in [2.45, 2.75) is 33.2 Å². The van der Waals surface area contributed by atoms with Crippen LogP contribution in [-0.2, 0) is 11.2 Å². The molecule has 2 aromatic carbocycles. The van der Waals surface area contributed by atoms with Gasteiger partial charge in [-0.3, -0.25) is 9.59 Å². The van der Waals surface area contributed by atoms with Crippen LogP contribution < -0.4 is 10.2 Å². The number of anilines is 2. The molecule has 0 fully saturated rings. The molecule has 24 heavy (non-hydrogen) atoms. The van der Waals surface area contributed by atoms with Crippen molar-refractivity contribution < 1.29 is 9.59 Å². The van der Waals surface area contributed by atoms with Crippen LogP contribution in [0.3, 0.4) is 0 Å². The predicted octanol–water partition coefficient (Wildman–Crippen LogP) is 3.87. The van der Waals surface area contributed by atoms with E-state index in [1.54, 1.807) is 24.3 Å². The monoisotopic (exact) mass is 322 g/mol. The molecule has 1 aliphatic rings. The first kappa shape index (κ1) is 16.2. The van der Waals surface area contributed by atoms with E-state index < -0.39 is 0 Å². The minimum absolute atomic E-state index is 0.00538. The quantitative estimate of drug-likeness (QED) is 0.932. The fraction of sp³-hybridized carbons (Fsp3) is 0.300. The van der Waals surface area contributed by atoms with E-state index in [0.29, 0.717) is 11.3 Å². The summed E-state index contributed by atoms with van der Waals surface area (Å²) in [6.07, 6.45) is 0.879. The molecule has 124 valence electrons. The van der Waals surface area contributed by atoms with E-state index >= 15 is 0 Å².